The zero-order valence-corrected chi connectivity index (χ0v) is 9.88. The molecule has 0 saturated carbocycles. The molecule has 1 aromatic rings. The Labute approximate surface area is 103 Å². The SMILES string of the molecule is CCN(CC(=O)O)C(=O)CNC(=O)c1ccco1. The first kappa shape index (κ1) is 13.8. The Morgan fingerprint density at radius 3 is 2.67 bits per heavy atom. The third kappa shape index (κ3) is 3.93. The molecule has 2 N–H and O–H groups in total. The van der Waals surface area contributed by atoms with Crippen molar-refractivity contribution in [3.63, 3.8) is 0 Å². The van der Waals surface area contributed by atoms with Crippen LogP contribution in [0.3, 0.4) is 0 Å². The second kappa shape index (κ2) is 6.43. The number of rotatable bonds is 6. The Bertz CT molecular complexity index is 427. The third-order valence-corrected chi connectivity index (χ3v) is 2.21. The van der Waals surface area contributed by atoms with Crippen molar-refractivity contribution in [3.8, 4) is 0 Å². The fourth-order valence-corrected chi connectivity index (χ4v) is 1.30. The summed E-state index contributed by atoms with van der Waals surface area (Å²) in [6, 6.07) is 3.02. The van der Waals surface area contributed by atoms with E-state index in [-0.39, 0.29) is 25.4 Å². The molecule has 0 spiro atoms. The van der Waals surface area contributed by atoms with Crippen LogP contribution in [0.4, 0.5) is 0 Å². The standard InChI is InChI=1S/C11H14N2O5/c1-2-13(7-10(15)16)9(14)6-12-11(17)8-4-3-5-18-8/h3-5H,2,6-7H2,1H3,(H,12,17)(H,15,16). The maximum atomic E-state index is 11.6. The molecule has 0 saturated heterocycles. The number of carbonyl (C=O) groups is 3. The van der Waals surface area contributed by atoms with Gasteiger partial charge in [0.25, 0.3) is 5.91 Å². The smallest absolute Gasteiger partial charge is 0.323 e. The molecule has 1 aromatic heterocycles. The van der Waals surface area contributed by atoms with Crippen molar-refractivity contribution in [2.24, 2.45) is 0 Å². The zero-order valence-electron chi connectivity index (χ0n) is 9.88. The summed E-state index contributed by atoms with van der Waals surface area (Å²) in [5, 5.41) is 11.0. The predicted molar refractivity (Wildman–Crippen MR) is 60.9 cm³/mol. The molecule has 1 heterocycles. The van der Waals surface area contributed by atoms with Crippen molar-refractivity contribution in [1.82, 2.24) is 10.2 Å². The van der Waals surface area contributed by atoms with Crippen molar-refractivity contribution >= 4 is 17.8 Å². The monoisotopic (exact) mass is 254 g/mol. The molecule has 2 amide bonds. The quantitative estimate of drug-likeness (QED) is 0.741. The maximum Gasteiger partial charge on any atom is 0.323 e. The second-order valence-electron chi connectivity index (χ2n) is 3.46. The van der Waals surface area contributed by atoms with E-state index in [9.17, 15) is 14.4 Å². The summed E-state index contributed by atoms with van der Waals surface area (Å²) in [4.78, 5) is 34.7. The van der Waals surface area contributed by atoms with Crippen molar-refractivity contribution in [1.29, 1.82) is 0 Å². The lowest BCUT2D eigenvalue weighted by Gasteiger charge is -2.18. The largest absolute Gasteiger partial charge is 0.480 e. The van der Waals surface area contributed by atoms with Crippen molar-refractivity contribution < 1.29 is 23.9 Å². The lowest BCUT2D eigenvalue weighted by molar-refractivity contribution is -0.143. The molecular weight excluding hydrogens is 240 g/mol. The molecule has 7 heteroatoms. The Morgan fingerprint density at radius 2 is 2.17 bits per heavy atom. The van der Waals surface area contributed by atoms with Crippen LogP contribution in [-0.4, -0.2) is 47.4 Å². The minimum absolute atomic E-state index is 0.101. The van der Waals surface area contributed by atoms with Gasteiger partial charge in [0.05, 0.1) is 12.8 Å². The van der Waals surface area contributed by atoms with Gasteiger partial charge < -0.3 is 19.7 Å². The Kier molecular flexibility index (Phi) is 4.91. The lowest BCUT2D eigenvalue weighted by atomic mass is 10.4. The molecule has 7 nitrogen and oxygen atoms in total. The summed E-state index contributed by atoms with van der Waals surface area (Å²) >= 11 is 0. The first-order chi connectivity index (χ1) is 8.54. The van der Waals surface area contributed by atoms with E-state index in [4.69, 9.17) is 9.52 Å². The highest BCUT2D eigenvalue weighted by molar-refractivity contribution is 5.94. The van der Waals surface area contributed by atoms with Gasteiger partial charge in [0, 0.05) is 6.54 Å². The van der Waals surface area contributed by atoms with Crippen molar-refractivity contribution in [2.75, 3.05) is 19.6 Å². The Balaban J connectivity index is 2.44. The summed E-state index contributed by atoms with van der Waals surface area (Å²) in [6.07, 6.45) is 1.35. The molecule has 0 bridgehead atoms. The van der Waals surface area contributed by atoms with Gasteiger partial charge in [-0.2, -0.15) is 0 Å². The van der Waals surface area contributed by atoms with E-state index in [1.807, 2.05) is 0 Å². The maximum absolute atomic E-state index is 11.6. The molecule has 98 valence electrons. The molecule has 0 fully saturated rings. The van der Waals surface area contributed by atoms with Crippen LogP contribution in [0.2, 0.25) is 0 Å². The van der Waals surface area contributed by atoms with Crippen LogP contribution >= 0.6 is 0 Å². The van der Waals surface area contributed by atoms with Crippen LogP contribution in [0.25, 0.3) is 0 Å². The summed E-state index contributed by atoms with van der Waals surface area (Å²) in [6.45, 7) is 1.28. The highest BCUT2D eigenvalue weighted by Crippen LogP contribution is 1.99. The van der Waals surface area contributed by atoms with Crippen LogP contribution in [0.5, 0.6) is 0 Å². The van der Waals surface area contributed by atoms with E-state index >= 15 is 0 Å². The minimum atomic E-state index is -1.09. The number of nitrogens with zero attached hydrogens (tertiary/aromatic N) is 1. The van der Waals surface area contributed by atoms with E-state index in [1.54, 1.807) is 13.0 Å². The number of hydrogen-bond acceptors (Lipinski definition) is 4. The molecule has 0 aliphatic heterocycles. The average molecular weight is 254 g/mol. The van der Waals surface area contributed by atoms with E-state index in [0.717, 1.165) is 4.90 Å². The lowest BCUT2D eigenvalue weighted by Crippen LogP contribution is -2.42. The van der Waals surface area contributed by atoms with Gasteiger partial charge in [0.1, 0.15) is 6.54 Å². The van der Waals surface area contributed by atoms with Gasteiger partial charge in [-0.05, 0) is 19.1 Å². The van der Waals surface area contributed by atoms with Crippen LogP contribution in [-0.2, 0) is 9.59 Å². The van der Waals surface area contributed by atoms with Crippen LogP contribution in [0, 0.1) is 0 Å². The van der Waals surface area contributed by atoms with Crippen LogP contribution < -0.4 is 5.32 Å². The van der Waals surface area contributed by atoms with Gasteiger partial charge >= 0.3 is 5.97 Å². The van der Waals surface area contributed by atoms with Gasteiger partial charge in [-0.3, -0.25) is 14.4 Å². The highest BCUT2D eigenvalue weighted by atomic mass is 16.4. The molecule has 0 aliphatic rings. The topological polar surface area (TPSA) is 99.9 Å². The first-order valence-electron chi connectivity index (χ1n) is 5.35. The number of hydrogen-bond donors (Lipinski definition) is 2. The molecule has 0 aromatic carbocycles. The summed E-state index contributed by atoms with van der Waals surface area (Å²) in [7, 11) is 0. The average Bonchev–Trinajstić information content (AvgIpc) is 2.86. The number of carbonyl (C=O) groups excluding carboxylic acids is 2. The number of carboxylic acid groups (broad SMARTS) is 1. The number of aliphatic carboxylic acids is 1. The van der Waals surface area contributed by atoms with Crippen LogP contribution in [0.15, 0.2) is 22.8 Å². The third-order valence-electron chi connectivity index (χ3n) is 2.21. The van der Waals surface area contributed by atoms with E-state index in [1.165, 1.54) is 12.3 Å². The van der Waals surface area contributed by atoms with Gasteiger partial charge in [-0.15, -0.1) is 0 Å². The van der Waals surface area contributed by atoms with Crippen LogP contribution in [0.1, 0.15) is 17.5 Å². The van der Waals surface area contributed by atoms with E-state index in [2.05, 4.69) is 5.32 Å². The summed E-state index contributed by atoms with van der Waals surface area (Å²) < 4.78 is 4.85. The van der Waals surface area contributed by atoms with E-state index in [0.29, 0.717) is 0 Å². The van der Waals surface area contributed by atoms with E-state index < -0.39 is 17.8 Å². The van der Waals surface area contributed by atoms with Crippen molar-refractivity contribution in [3.05, 3.63) is 24.2 Å². The minimum Gasteiger partial charge on any atom is -0.480 e. The predicted octanol–water partition coefficient (Wildman–Crippen LogP) is -0.0575. The van der Waals surface area contributed by atoms with Gasteiger partial charge in [0.15, 0.2) is 5.76 Å². The number of amides is 2. The molecule has 0 atom stereocenters. The number of nitrogens with one attached hydrogen (secondary N) is 1. The summed E-state index contributed by atoms with van der Waals surface area (Å²) in [5.41, 5.74) is 0. The molecule has 0 radical (unpaired) electrons. The fourth-order valence-electron chi connectivity index (χ4n) is 1.30. The molecule has 1 rings (SSSR count). The summed E-state index contributed by atoms with van der Waals surface area (Å²) in [5.74, 6) is -1.97. The number of carboxylic acids is 1. The number of furan rings is 1. The molecule has 0 unspecified atom stereocenters. The second-order valence-corrected chi connectivity index (χ2v) is 3.46. The van der Waals surface area contributed by atoms with Gasteiger partial charge in [0.2, 0.25) is 5.91 Å². The molecule has 18 heavy (non-hydrogen) atoms. The van der Waals surface area contributed by atoms with Crippen molar-refractivity contribution in [2.45, 2.75) is 6.92 Å². The zero-order chi connectivity index (χ0) is 13.5. The number of likely N-dealkylation sites (N-methyl/N-ethyl adjacent to an activating group) is 1. The fraction of sp³-hybridized carbons (Fsp3) is 0.364. The Hall–Kier alpha value is -2.31. The van der Waals surface area contributed by atoms with Gasteiger partial charge in [-0.25, -0.2) is 0 Å². The molecular formula is C11H14N2O5. The Morgan fingerprint density at radius 1 is 1.44 bits per heavy atom. The highest BCUT2D eigenvalue weighted by Gasteiger charge is 2.16. The molecule has 0 aliphatic carbocycles. The first-order valence-corrected chi connectivity index (χ1v) is 5.35. The normalized spacial score (nSPS) is 9.83. The van der Waals surface area contributed by atoms with Gasteiger partial charge in [-0.1, -0.05) is 0 Å².